The molecule has 0 bridgehead atoms. The van der Waals surface area contributed by atoms with Gasteiger partial charge in [-0.25, -0.2) is 9.59 Å². The Kier molecular flexibility index (Phi) is 8.57. The number of hydrogen-bond donors (Lipinski definition) is 3. The molecule has 13 heteroatoms. The molecule has 12 nitrogen and oxygen atoms in total. The number of benzene rings is 2. The van der Waals surface area contributed by atoms with Crippen LogP contribution in [-0.2, 0) is 19.1 Å². The number of halogens is 1. The van der Waals surface area contributed by atoms with Gasteiger partial charge in [-0.15, -0.1) is 0 Å². The van der Waals surface area contributed by atoms with E-state index >= 15 is 0 Å². The third kappa shape index (κ3) is 6.57. The Morgan fingerprint density at radius 1 is 1.14 bits per heavy atom. The van der Waals surface area contributed by atoms with Gasteiger partial charge in [0.1, 0.15) is 13.2 Å². The summed E-state index contributed by atoms with van der Waals surface area (Å²) in [4.78, 5) is 59.7. The van der Waals surface area contributed by atoms with Crippen molar-refractivity contribution in [2.45, 2.75) is 13.0 Å². The van der Waals surface area contributed by atoms with E-state index in [1.807, 2.05) is 0 Å². The Labute approximate surface area is 209 Å². The summed E-state index contributed by atoms with van der Waals surface area (Å²) >= 11 is 5.93. The van der Waals surface area contributed by atoms with Gasteiger partial charge < -0.3 is 25.4 Å². The smallest absolute Gasteiger partial charge is 0.338 e. The first-order chi connectivity index (χ1) is 17.2. The van der Waals surface area contributed by atoms with E-state index in [0.717, 1.165) is 6.07 Å². The predicted octanol–water partition coefficient (Wildman–Crippen LogP) is 2.39. The highest BCUT2D eigenvalue weighted by atomic mass is 35.5. The third-order valence-electron chi connectivity index (χ3n) is 4.94. The number of carbonyl (C=O) groups is 4. The molecule has 0 fully saturated rings. The first kappa shape index (κ1) is 26.2. The molecule has 0 radical (unpaired) electrons. The van der Waals surface area contributed by atoms with E-state index in [4.69, 9.17) is 21.1 Å². The maximum atomic E-state index is 12.7. The van der Waals surface area contributed by atoms with Crippen molar-refractivity contribution in [2.24, 2.45) is 0 Å². The van der Waals surface area contributed by atoms with Crippen molar-refractivity contribution in [2.75, 3.05) is 19.8 Å². The summed E-state index contributed by atoms with van der Waals surface area (Å²) in [5.74, 6) is -2.32. The van der Waals surface area contributed by atoms with Gasteiger partial charge in [-0.2, -0.15) is 0 Å². The number of carbonyl (C=O) groups excluding carboxylic acids is 4. The fraction of sp³-hybridized carbons (Fsp3) is 0.217. The standard InChI is InChI=1S/C23H21ClN4O8/c1-2-35-22(31)19-17(26-23(32)27-20(19)13-6-8-15(24)9-7-13)12-36-18(29)11-25-21(30)14-4-3-5-16(10-14)28(33)34/h3-10,20H,2,11-12H2,1H3,(H,25,30)(H2,26,27,32)/t20-/m1/s1. The molecule has 3 amide bonds. The minimum atomic E-state index is -0.891. The van der Waals surface area contributed by atoms with E-state index < -0.39 is 48.0 Å². The summed E-state index contributed by atoms with van der Waals surface area (Å²) in [6.45, 7) is 0.641. The molecule has 0 aromatic heterocycles. The van der Waals surface area contributed by atoms with Crippen molar-refractivity contribution < 1.29 is 33.6 Å². The zero-order valence-electron chi connectivity index (χ0n) is 18.9. The first-order valence-electron chi connectivity index (χ1n) is 10.6. The van der Waals surface area contributed by atoms with Crippen molar-refractivity contribution in [1.29, 1.82) is 0 Å². The SMILES string of the molecule is CCOC(=O)C1=C(COC(=O)CNC(=O)c2cccc([N+](=O)[O-])c2)NC(=O)N[C@@H]1c1ccc(Cl)cc1. The van der Waals surface area contributed by atoms with Crippen LogP contribution in [0.1, 0.15) is 28.9 Å². The molecular weight excluding hydrogens is 496 g/mol. The monoisotopic (exact) mass is 516 g/mol. The van der Waals surface area contributed by atoms with Crippen LogP contribution in [0.2, 0.25) is 5.02 Å². The summed E-state index contributed by atoms with van der Waals surface area (Å²) in [5.41, 5.74) is 0.300. The topological polar surface area (TPSA) is 166 Å². The second-order valence-electron chi connectivity index (χ2n) is 7.35. The zero-order chi connectivity index (χ0) is 26.2. The molecule has 0 spiro atoms. The third-order valence-corrected chi connectivity index (χ3v) is 5.19. The van der Waals surface area contributed by atoms with Crippen LogP contribution in [0.4, 0.5) is 10.5 Å². The highest BCUT2D eigenvalue weighted by Gasteiger charge is 2.34. The summed E-state index contributed by atoms with van der Waals surface area (Å²) in [6.07, 6.45) is 0. The van der Waals surface area contributed by atoms with Crippen LogP contribution in [0.25, 0.3) is 0 Å². The molecule has 0 saturated carbocycles. The summed E-state index contributed by atoms with van der Waals surface area (Å²) in [7, 11) is 0. The van der Waals surface area contributed by atoms with E-state index in [2.05, 4.69) is 16.0 Å². The van der Waals surface area contributed by atoms with Crippen LogP contribution < -0.4 is 16.0 Å². The van der Waals surface area contributed by atoms with Crippen LogP contribution in [0.15, 0.2) is 59.8 Å². The summed E-state index contributed by atoms with van der Waals surface area (Å²) in [5, 5.41) is 18.7. The Hall–Kier alpha value is -4.45. The predicted molar refractivity (Wildman–Crippen MR) is 126 cm³/mol. The van der Waals surface area contributed by atoms with Gasteiger partial charge in [0.05, 0.1) is 28.8 Å². The average molecular weight is 517 g/mol. The molecule has 188 valence electrons. The molecule has 0 saturated heterocycles. The Morgan fingerprint density at radius 2 is 1.86 bits per heavy atom. The number of hydrogen-bond acceptors (Lipinski definition) is 8. The lowest BCUT2D eigenvalue weighted by atomic mass is 9.95. The van der Waals surface area contributed by atoms with Crippen molar-refractivity contribution in [3.05, 3.63) is 86.1 Å². The zero-order valence-corrected chi connectivity index (χ0v) is 19.7. The average Bonchev–Trinajstić information content (AvgIpc) is 2.86. The number of nitrogens with zero attached hydrogens (tertiary/aromatic N) is 1. The maximum Gasteiger partial charge on any atom is 0.338 e. The number of nitrogens with one attached hydrogen (secondary N) is 3. The minimum Gasteiger partial charge on any atom is -0.463 e. The summed E-state index contributed by atoms with van der Waals surface area (Å²) in [6, 6.07) is 9.91. The van der Waals surface area contributed by atoms with Gasteiger partial charge in [0, 0.05) is 22.7 Å². The minimum absolute atomic E-state index is 0.00973. The Bertz CT molecular complexity index is 1230. The van der Waals surface area contributed by atoms with Gasteiger partial charge in [0.2, 0.25) is 0 Å². The lowest BCUT2D eigenvalue weighted by molar-refractivity contribution is -0.384. The van der Waals surface area contributed by atoms with Crippen LogP contribution in [-0.4, -0.2) is 48.6 Å². The van der Waals surface area contributed by atoms with Gasteiger partial charge in [-0.05, 0) is 30.7 Å². The number of nitro groups is 1. The molecule has 0 aliphatic carbocycles. The van der Waals surface area contributed by atoms with Crippen LogP contribution in [0, 0.1) is 10.1 Å². The fourth-order valence-electron chi connectivity index (χ4n) is 3.31. The second kappa shape index (κ2) is 11.8. The number of nitro benzene ring substituents is 1. The first-order valence-corrected chi connectivity index (χ1v) is 11.0. The number of rotatable bonds is 9. The van der Waals surface area contributed by atoms with E-state index in [9.17, 15) is 29.3 Å². The molecule has 3 rings (SSSR count). The molecule has 1 atom stereocenters. The highest BCUT2D eigenvalue weighted by Crippen LogP contribution is 2.28. The summed E-state index contributed by atoms with van der Waals surface area (Å²) < 4.78 is 10.3. The number of urea groups is 1. The lowest BCUT2D eigenvalue weighted by Crippen LogP contribution is -2.47. The number of amides is 3. The molecule has 0 unspecified atom stereocenters. The van der Waals surface area contributed by atoms with Gasteiger partial charge in [-0.3, -0.25) is 19.7 Å². The van der Waals surface area contributed by atoms with Gasteiger partial charge in [0.15, 0.2) is 0 Å². The van der Waals surface area contributed by atoms with Crippen LogP contribution >= 0.6 is 11.6 Å². The van der Waals surface area contributed by atoms with Crippen LogP contribution in [0.3, 0.4) is 0 Å². The molecular formula is C23H21ClN4O8. The van der Waals surface area contributed by atoms with E-state index in [1.165, 1.54) is 18.2 Å². The molecule has 1 aliphatic rings. The molecule has 3 N–H and O–H groups in total. The quantitative estimate of drug-likeness (QED) is 0.259. The van der Waals surface area contributed by atoms with Gasteiger partial charge in [0.25, 0.3) is 11.6 Å². The normalized spacial score (nSPS) is 14.8. The molecule has 36 heavy (non-hydrogen) atoms. The number of non-ortho nitro benzene ring substituents is 1. The highest BCUT2D eigenvalue weighted by molar-refractivity contribution is 6.30. The van der Waals surface area contributed by atoms with Crippen molar-refractivity contribution in [3.8, 4) is 0 Å². The van der Waals surface area contributed by atoms with Crippen molar-refractivity contribution >= 4 is 41.2 Å². The van der Waals surface area contributed by atoms with Crippen molar-refractivity contribution in [3.63, 3.8) is 0 Å². The number of ether oxygens (including phenoxy) is 2. The molecule has 1 aliphatic heterocycles. The Morgan fingerprint density at radius 3 is 2.53 bits per heavy atom. The maximum absolute atomic E-state index is 12.7. The van der Waals surface area contributed by atoms with E-state index in [0.29, 0.717) is 10.6 Å². The second-order valence-corrected chi connectivity index (χ2v) is 7.78. The molecule has 2 aromatic carbocycles. The Balaban J connectivity index is 1.72. The van der Waals surface area contributed by atoms with E-state index in [1.54, 1.807) is 31.2 Å². The fourth-order valence-corrected chi connectivity index (χ4v) is 3.43. The van der Waals surface area contributed by atoms with Gasteiger partial charge in [-0.1, -0.05) is 29.8 Å². The lowest BCUT2D eigenvalue weighted by Gasteiger charge is -2.29. The van der Waals surface area contributed by atoms with Crippen LogP contribution in [0.5, 0.6) is 0 Å². The molecule has 2 aromatic rings. The number of esters is 2. The van der Waals surface area contributed by atoms with Crippen molar-refractivity contribution in [1.82, 2.24) is 16.0 Å². The largest absolute Gasteiger partial charge is 0.463 e. The van der Waals surface area contributed by atoms with Gasteiger partial charge >= 0.3 is 18.0 Å². The van der Waals surface area contributed by atoms with E-state index in [-0.39, 0.29) is 29.1 Å². The molecule has 1 heterocycles.